The van der Waals surface area contributed by atoms with Gasteiger partial charge in [0.1, 0.15) is 11.5 Å². The van der Waals surface area contributed by atoms with Crippen LogP contribution in [-0.4, -0.2) is 23.3 Å². The van der Waals surface area contributed by atoms with Gasteiger partial charge >= 0.3 is 0 Å². The Balaban J connectivity index is 1.26. The molecule has 5 rings (SSSR count). The van der Waals surface area contributed by atoms with Gasteiger partial charge in [-0.25, -0.2) is 0 Å². The highest BCUT2D eigenvalue weighted by atomic mass is 16.3. The summed E-state index contributed by atoms with van der Waals surface area (Å²) in [7, 11) is 0. The Kier molecular flexibility index (Phi) is 5.56. The highest BCUT2D eigenvalue weighted by Crippen LogP contribution is 2.35. The van der Waals surface area contributed by atoms with E-state index in [2.05, 4.69) is 11.4 Å². The molecule has 0 bridgehead atoms. The SMILES string of the molecule is CCC(C(=O)Nc1ccc(-c2cc3c(o2)CCN(C(=O)C2CC2)C3)cc1)c1ccccc1. The average Bonchev–Trinajstić information content (AvgIpc) is 3.58. The van der Waals surface area contributed by atoms with Crippen LogP contribution in [-0.2, 0) is 22.6 Å². The van der Waals surface area contributed by atoms with Crippen LogP contribution in [0.5, 0.6) is 0 Å². The van der Waals surface area contributed by atoms with Crippen molar-refractivity contribution in [2.24, 2.45) is 5.92 Å². The molecule has 3 aromatic rings. The quantitative estimate of drug-likeness (QED) is 0.574. The van der Waals surface area contributed by atoms with Crippen LogP contribution in [0, 0.1) is 5.92 Å². The fourth-order valence-corrected chi connectivity index (χ4v) is 4.46. The Bertz CT molecular complexity index is 1110. The molecule has 1 fully saturated rings. The van der Waals surface area contributed by atoms with Crippen LogP contribution < -0.4 is 5.32 Å². The first-order valence-corrected chi connectivity index (χ1v) is 11.5. The molecule has 1 aliphatic carbocycles. The van der Waals surface area contributed by atoms with Crippen LogP contribution in [0.15, 0.2) is 65.1 Å². The maximum atomic E-state index is 12.8. The van der Waals surface area contributed by atoms with Crippen molar-refractivity contribution in [1.82, 2.24) is 4.90 Å². The van der Waals surface area contributed by atoms with E-state index in [0.29, 0.717) is 12.5 Å². The molecular formula is C27H28N2O3. The minimum absolute atomic E-state index is 0.000309. The maximum absolute atomic E-state index is 12.8. The third-order valence-corrected chi connectivity index (χ3v) is 6.47. The van der Waals surface area contributed by atoms with Gasteiger partial charge in [-0.1, -0.05) is 37.3 Å². The van der Waals surface area contributed by atoms with Crippen LogP contribution in [0.3, 0.4) is 0 Å². The van der Waals surface area contributed by atoms with Gasteiger partial charge in [-0.05, 0) is 55.2 Å². The summed E-state index contributed by atoms with van der Waals surface area (Å²) in [5, 5.41) is 3.04. The Hall–Kier alpha value is -3.34. The van der Waals surface area contributed by atoms with E-state index in [9.17, 15) is 9.59 Å². The Morgan fingerprint density at radius 3 is 2.53 bits per heavy atom. The Morgan fingerprint density at radius 2 is 1.84 bits per heavy atom. The van der Waals surface area contributed by atoms with Gasteiger partial charge in [-0.3, -0.25) is 9.59 Å². The lowest BCUT2D eigenvalue weighted by atomic mass is 9.95. The van der Waals surface area contributed by atoms with E-state index in [1.54, 1.807) is 0 Å². The van der Waals surface area contributed by atoms with Gasteiger partial charge in [0.2, 0.25) is 11.8 Å². The minimum Gasteiger partial charge on any atom is -0.461 e. The summed E-state index contributed by atoms with van der Waals surface area (Å²) >= 11 is 0. The molecule has 32 heavy (non-hydrogen) atoms. The number of carbonyl (C=O) groups is 2. The number of furan rings is 1. The summed E-state index contributed by atoms with van der Waals surface area (Å²) in [5.74, 6) is 2.16. The van der Waals surface area contributed by atoms with Crippen LogP contribution >= 0.6 is 0 Å². The van der Waals surface area contributed by atoms with Crippen molar-refractivity contribution >= 4 is 17.5 Å². The van der Waals surface area contributed by atoms with Crippen LogP contribution in [0.4, 0.5) is 5.69 Å². The van der Waals surface area contributed by atoms with Crippen LogP contribution in [0.1, 0.15) is 49.0 Å². The molecular weight excluding hydrogens is 400 g/mol. The molecule has 0 radical (unpaired) electrons. The average molecular weight is 429 g/mol. The predicted octanol–water partition coefficient (Wildman–Crippen LogP) is 5.37. The van der Waals surface area contributed by atoms with E-state index < -0.39 is 0 Å². The highest BCUT2D eigenvalue weighted by Gasteiger charge is 2.35. The summed E-state index contributed by atoms with van der Waals surface area (Å²) in [6, 6.07) is 19.7. The van der Waals surface area contributed by atoms with Gasteiger partial charge in [-0.15, -0.1) is 0 Å². The van der Waals surface area contributed by atoms with Gasteiger partial charge in [-0.2, -0.15) is 0 Å². The third-order valence-electron chi connectivity index (χ3n) is 6.47. The topological polar surface area (TPSA) is 62.6 Å². The van der Waals surface area contributed by atoms with E-state index in [-0.39, 0.29) is 17.7 Å². The van der Waals surface area contributed by atoms with Crippen molar-refractivity contribution < 1.29 is 14.0 Å². The van der Waals surface area contributed by atoms with Crippen LogP contribution in [0.2, 0.25) is 0 Å². The molecule has 164 valence electrons. The van der Waals surface area contributed by atoms with E-state index >= 15 is 0 Å². The van der Waals surface area contributed by atoms with Crippen molar-refractivity contribution in [1.29, 1.82) is 0 Å². The third kappa shape index (κ3) is 4.20. The number of hydrogen-bond donors (Lipinski definition) is 1. The first kappa shape index (κ1) is 20.6. The monoisotopic (exact) mass is 428 g/mol. The molecule has 2 aromatic carbocycles. The fraction of sp³-hybridized carbons (Fsp3) is 0.333. The zero-order valence-corrected chi connectivity index (χ0v) is 18.3. The summed E-state index contributed by atoms with van der Waals surface area (Å²) in [5.41, 5.74) is 3.86. The number of nitrogens with zero attached hydrogens (tertiary/aromatic N) is 1. The summed E-state index contributed by atoms with van der Waals surface area (Å²) in [4.78, 5) is 27.2. The number of fused-ring (bicyclic) bond motifs is 1. The zero-order valence-electron chi connectivity index (χ0n) is 18.3. The predicted molar refractivity (Wildman–Crippen MR) is 124 cm³/mol. The summed E-state index contributed by atoms with van der Waals surface area (Å²) < 4.78 is 6.11. The lowest BCUT2D eigenvalue weighted by molar-refractivity contribution is -0.133. The second-order valence-corrected chi connectivity index (χ2v) is 8.78. The number of rotatable bonds is 6. The number of amides is 2. The number of hydrogen-bond acceptors (Lipinski definition) is 3. The lowest BCUT2D eigenvalue weighted by Crippen LogP contribution is -2.36. The summed E-state index contributed by atoms with van der Waals surface area (Å²) in [6.45, 7) is 3.40. The summed E-state index contributed by atoms with van der Waals surface area (Å²) in [6.07, 6.45) is 3.57. The first-order chi connectivity index (χ1) is 15.6. The molecule has 2 aliphatic rings. The van der Waals surface area contributed by atoms with Gasteiger partial charge in [0.05, 0.1) is 5.92 Å². The van der Waals surface area contributed by atoms with Crippen molar-refractivity contribution in [3.63, 3.8) is 0 Å². The van der Waals surface area contributed by atoms with E-state index in [4.69, 9.17) is 4.42 Å². The molecule has 0 spiro atoms. The van der Waals surface area contributed by atoms with Gasteiger partial charge in [0.15, 0.2) is 0 Å². The molecule has 2 amide bonds. The number of benzene rings is 2. The van der Waals surface area contributed by atoms with Crippen molar-refractivity contribution in [3.05, 3.63) is 77.6 Å². The largest absolute Gasteiger partial charge is 0.461 e. The maximum Gasteiger partial charge on any atom is 0.231 e. The van der Waals surface area contributed by atoms with Crippen molar-refractivity contribution in [2.45, 2.75) is 45.1 Å². The number of nitrogens with one attached hydrogen (secondary N) is 1. The standard InChI is InChI=1S/C27H28N2O3/c1-2-23(18-6-4-3-5-7-18)26(30)28-22-12-10-19(11-13-22)25-16-21-17-29(15-14-24(21)32-25)27(31)20-8-9-20/h3-7,10-13,16,20,23H,2,8-9,14-15,17H2,1H3,(H,28,30). The lowest BCUT2D eigenvalue weighted by Gasteiger charge is -2.26. The molecule has 1 atom stereocenters. The van der Waals surface area contributed by atoms with Crippen molar-refractivity contribution in [2.75, 3.05) is 11.9 Å². The van der Waals surface area contributed by atoms with E-state index in [0.717, 1.165) is 66.1 Å². The van der Waals surface area contributed by atoms with Gasteiger partial charge in [0, 0.05) is 42.2 Å². The molecule has 0 saturated heterocycles. The van der Waals surface area contributed by atoms with E-state index in [1.165, 1.54) is 0 Å². The molecule has 1 aliphatic heterocycles. The normalized spacial score (nSPS) is 16.3. The second-order valence-electron chi connectivity index (χ2n) is 8.78. The smallest absolute Gasteiger partial charge is 0.231 e. The minimum atomic E-state index is -0.172. The fourth-order valence-electron chi connectivity index (χ4n) is 4.46. The van der Waals surface area contributed by atoms with E-state index in [1.807, 2.05) is 66.4 Å². The Morgan fingerprint density at radius 1 is 1.09 bits per heavy atom. The number of carbonyl (C=O) groups excluding carboxylic acids is 2. The molecule has 1 unspecified atom stereocenters. The second kappa shape index (κ2) is 8.65. The molecule has 5 nitrogen and oxygen atoms in total. The van der Waals surface area contributed by atoms with Gasteiger partial charge < -0.3 is 14.6 Å². The molecule has 5 heteroatoms. The molecule has 1 aromatic heterocycles. The van der Waals surface area contributed by atoms with Crippen molar-refractivity contribution in [3.8, 4) is 11.3 Å². The first-order valence-electron chi connectivity index (χ1n) is 11.5. The zero-order chi connectivity index (χ0) is 22.1. The van der Waals surface area contributed by atoms with Gasteiger partial charge in [0.25, 0.3) is 0 Å². The molecule has 1 N–H and O–H groups in total. The highest BCUT2D eigenvalue weighted by molar-refractivity contribution is 5.96. The van der Waals surface area contributed by atoms with Crippen LogP contribution in [0.25, 0.3) is 11.3 Å². The molecule has 1 saturated carbocycles. The Labute approximate surface area is 188 Å². The molecule has 2 heterocycles. The number of anilines is 1.